The number of nitrogens with one attached hydrogen (secondary N) is 4. The molecule has 0 aromatic carbocycles. The molecule has 0 radical (unpaired) electrons. The molecule has 0 spiro atoms. The largest absolute Gasteiger partial charge is 0.347 e. The number of amides is 5. The molecule has 3 saturated carbocycles. The molecule has 45 heavy (non-hydrogen) atoms. The molecular weight excluding hydrogens is 600 g/mol. The summed E-state index contributed by atoms with van der Waals surface area (Å²) in [7, 11) is 1.47. The molecule has 6 atom stereocenters. The highest BCUT2D eigenvalue weighted by atomic mass is 32.2. The van der Waals surface area contributed by atoms with E-state index in [1.54, 1.807) is 0 Å². The van der Waals surface area contributed by atoms with Crippen LogP contribution in [0.4, 0.5) is 4.79 Å². The number of likely N-dealkylation sites (tertiary alicyclic amines) is 1. The van der Waals surface area contributed by atoms with Crippen molar-refractivity contribution in [2.75, 3.05) is 20.1 Å². The van der Waals surface area contributed by atoms with Gasteiger partial charge < -0.3 is 26.2 Å². The monoisotopic (exact) mass is 652 g/mol. The van der Waals surface area contributed by atoms with Crippen molar-refractivity contribution < 1.29 is 32.7 Å². The third-order valence-corrected chi connectivity index (χ3v) is 11.0. The summed E-state index contributed by atoms with van der Waals surface area (Å²) in [5, 5.41) is 11.4. The number of carbonyl (C=O) groups is 5. The molecule has 5 N–H and O–H groups in total. The van der Waals surface area contributed by atoms with Gasteiger partial charge in [-0.1, -0.05) is 55.4 Å². The Labute approximate surface area is 269 Å². The van der Waals surface area contributed by atoms with Crippen LogP contribution in [0.25, 0.3) is 0 Å². The maximum Gasteiger partial charge on any atom is 0.315 e. The number of nitrogens with zero attached hydrogens (tertiary/aromatic N) is 2. The molecule has 5 amide bonds. The lowest BCUT2D eigenvalue weighted by Gasteiger charge is -2.43. The first kappa shape index (κ1) is 35.3. The lowest BCUT2D eigenvalue weighted by molar-refractivity contribution is -0.149. The van der Waals surface area contributed by atoms with Gasteiger partial charge >= 0.3 is 6.03 Å². The summed E-state index contributed by atoms with van der Waals surface area (Å²) in [4.78, 5) is 69.1. The zero-order valence-corrected chi connectivity index (χ0v) is 28.9. The molecule has 254 valence electrons. The van der Waals surface area contributed by atoms with Crippen LogP contribution in [-0.4, -0.2) is 97.3 Å². The van der Waals surface area contributed by atoms with Crippen LogP contribution in [0.3, 0.4) is 0 Å². The van der Waals surface area contributed by atoms with Gasteiger partial charge in [-0.2, -0.15) is 0 Å². The Morgan fingerprint density at radius 3 is 2.07 bits per heavy atom. The van der Waals surface area contributed by atoms with Gasteiger partial charge in [0.15, 0.2) is 0 Å². The number of Topliss-reactive ketones (excluding diaryl/α,β-unsaturated/α-hetero) is 1. The Bertz CT molecular complexity index is 1250. The summed E-state index contributed by atoms with van der Waals surface area (Å²) < 4.78 is 22.3. The van der Waals surface area contributed by atoms with E-state index in [9.17, 15) is 32.7 Å². The minimum absolute atomic E-state index is 0.0162. The Hall–Kier alpha value is -2.58. The van der Waals surface area contributed by atoms with Crippen molar-refractivity contribution >= 4 is 40.8 Å². The second-order valence-electron chi connectivity index (χ2n) is 16.3. The predicted molar refractivity (Wildman–Crippen MR) is 169 cm³/mol. The first-order chi connectivity index (χ1) is 20.6. The van der Waals surface area contributed by atoms with Crippen molar-refractivity contribution in [2.45, 2.75) is 117 Å². The molecule has 0 bridgehead atoms. The molecular formula is C31H52N6O7S. The lowest BCUT2D eigenvalue weighted by Crippen LogP contribution is -2.67. The van der Waals surface area contributed by atoms with Crippen LogP contribution in [0.1, 0.15) is 87.5 Å². The fourth-order valence-electron chi connectivity index (χ4n) is 6.76. The number of urea groups is 1. The highest BCUT2D eigenvalue weighted by Crippen LogP contribution is 2.65. The normalized spacial score (nSPS) is 26.9. The molecule has 4 rings (SSSR count). The van der Waals surface area contributed by atoms with Crippen molar-refractivity contribution in [1.82, 2.24) is 30.5 Å². The predicted octanol–water partition coefficient (Wildman–Crippen LogP) is 1.55. The number of hydrogen-bond acceptors (Lipinski definition) is 6. The minimum atomic E-state index is -2.22. The van der Waals surface area contributed by atoms with Gasteiger partial charge in [-0.3, -0.25) is 23.7 Å². The number of ketones is 1. The molecule has 13 nitrogen and oxygen atoms in total. The van der Waals surface area contributed by atoms with E-state index in [-0.39, 0.29) is 29.8 Å². The third-order valence-electron chi connectivity index (χ3n) is 10.3. The van der Waals surface area contributed by atoms with Crippen LogP contribution in [0.15, 0.2) is 0 Å². The quantitative estimate of drug-likeness (QED) is 0.166. The summed E-state index contributed by atoms with van der Waals surface area (Å²) in [6.45, 7) is 15.7. The summed E-state index contributed by atoms with van der Waals surface area (Å²) in [5.41, 5.74) is -2.65. The molecule has 4 fully saturated rings. The first-order valence-electron chi connectivity index (χ1n) is 16.0. The van der Waals surface area contributed by atoms with Crippen molar-refractivity contribution in [3.05, 3.63) is 0 Å². The van der Waals surface area contributed by atoms with Gasteiger partial charge in [-0.05, 0) is 60.2 Å². The van der Waals surface area contributed by atoms with Gasteiger partial charge in [-0.25, -0.2) is 13.3 Å². The van der Waals surface area contributed by atoms with Crippen LogP contribution < -0.4 is 21.3 Å². The zero-order chi connectivity index (χ0) is 33.9. The van der Waals surface area contributed by atoms with Crippen molar-refractivity contribution in [3.8, 4) is 0 Å². The van der Waals surface area contributed by atoms with Gasteiger partial charge in [0.1, 0.15) is 17.6 Å². The average molecular weight is 653 g/mol. The number of rotatable bonds is 11. The molecule has 3 unspecified atom stereocenters. The van der Waals surface area contributed by atoms with Crippen LogP contribution in [0, 0.1) is 28.1 Å². The van der Waals surface area contributed by atoms with E-state index in [4.69, 9.17) is 0 Å². The lowest BCUT2D eigenvalue weighted by atomic mass is 9.73. The Morgan fingerprint density at radius 1 is 1.00 bits per heavy atom. The topological polar surface area (TPSA) is 177 Å². The van der Waals surface area contributed by atoms with Crippen LogP contribution in [0.2, 0.25) is 0 Å². The molecule has 0 aromatic heterocycles. The molecule has 0 aromatic rings. The maximum atomic E-state index is 14.3. The number of fused-ring (bicyclic) bond motifs is 1. The van der Waals surface area contributed by atoms with Gasteiger partial charge in [0.05, 0.1) is 0 Å². The third kappa shape index (κ3) is 7.38. The Kier molecular flexibility index (Phi) is 9.58. The van der Waals surface area contributed by atoms with Crippen LogP contribution >= 0.6 is 0 Å². The van der Waals surface area contributed by atoms with Crippen molar-refractivity contribution in [2.24, 2.45) is 28.1 Å². The number of carbonyl (C=O) groups excluding carboxylic acids is 5. The van der Waals surface area contributed by atoms with Gasteiger partial charge in [0, 0.05) is 32.2 Å². The van der Waals surface area contributed by atoms with E-state index < -0.39 is 75.3 Å². The van der Waals surface area contributed by atoms with E-state index in [1.807, 2.05) is 41.5 Å². The molecule has 3 aliphatic carbocycles. The highest BCUT2D eigenvalue weighted by Gasteiger charge is 2.70. The minimum Gasteiger partial charge on any atom is -0.347 e. The second kappa shape index (κ2) is 12.2. The number of piperidine rings is 1. The van der Waals surface area contributed by atoms with E-state index in [0.717, 1.165) is 12.8 Å². The van der Waals surface area contributed by atoms with E-state index >= 15 is 0 Å². The van der Waals surface area contributed by atoms with E-state index in [2.05, 4.69) is 35.1 Å². The van der Waals surface area contributed by atoms with Crippen molar-refractivity contribution in [1.29, 1.82) is 0 Å². The van der Waals surface area contributed by atoms with Crippen LogP contribution in [-0.2, 0) is 30.4 Å². The molecule has 4 aliphatic rings. The number of hydrogen-bond donors (Lipinski definition) is 5. The highest BCUT2D eigenvalue weighted by molar-refractivity contribution is 7.76. The SMILES string of the molecule is CN(C[C@@H](NC(=O)N[C@@H](C(=O)N1CC2C([C@H]1C(=O)NC1(C(=O)C(=O)NC3CC3)CCC1)C2(C)C)C(C)(C)C)C(C)(C)C)S(=O)O. The van der Waals surface area contributed by atoms with Gasteiger partial charge in [0.2, 0.25) is 28.9 Å². The summed E-state index contributed by atoms with van der Waals surface area (Å²) in [5.74, 6) is -2.19. The van der Waals surface area contributed by atoms with Crippen molar-refractivity contribution in [3.63, 3.8) is 0 Å². The molecule has 1 saturated heterocycles. The summed E-state index contributed by atoms with van der Waals surface area (Å²) >= 11 is -2.22. The van der Waals surface area contributed by atoms with E-state index in [1.165, 1.54) is 16.3 Å². The van der Waals surface area contributed by atoms with Gasteiger partial charge in [0.25, 0.3) is 5.91 Å². The summed E-state index contributed by atoms with van der Waals surface area (Å²) in [6, 6.07) is -2.96. The fraction of sp³-hybridized carbons (Fsp3) is 0.839. The smallest absolute Gasteiger partial charge is 0.315 e. The molecule has 14 heteroatoms. The van der Waals surface area contributed by atoms with E-state index in [0.29, 0.717) is 25.8 Å². The zero-order valence-electron chi connectivity index (χ0n) is 28.1. The standard InChI is InChI=1S/C31H52N6O7S/c1-28(2,3)19(16-36(9)45(43)44)33-27(42)34-22(29(4,5)6)26(41)37-15-18-20(30(18,7)8)21(37)24(39)35-31(13-10-14-31)23(38)25(40)32-17-11-12-17/h17-22H,10-16H2,1-9H3,(H,32,40)(H,35,39)(H,43,44)(H2,33,34,42)/t18?,19-,20?,21+,22+/m1/s1. The Morgan fingerprint density at radius 2 is 1.60 bits per heavy atom. The molecule has 1 aliphatic heterocycles. The van der Waals surface area contributed by atoms with Crippen LogP contribution in [0.5, 0.6) is 0 Å². The first-order valence-corrected chi connectivity index (χ1v) is 17.0. The maximum absolute atomic E-state index is 14.3. The van der Waals surface area contributed by atoms with Gasteiger partial charge in [-0.15, -0.1) is 0 Å². The summed E-state index contributed by atoms with van der Waals surface area (Å²) in [6.07, 6.45) is 3.13. The number of likely N-dealkylation sites (N-methyl/N-ethyl adjacent to an activating group) is 1. The molecule has 1 heterocycles. The average Bonchev–Trinajstić information content (AvgIpc) is 3.74. The Balaban J connectivity index is 1.52. The fourth-order valence-corrected chi connectivity index (χ4v) is 7.04. The second-order valence-corrected chi connectivity index (χ2v) is 17.4.